The van der Waals surface area contributed by atoms with Gasteiger partial charge in [0.25, 0.3) is 0 Å². The first-order chi connectivity index (χ1) is 8.13. The van der Waals surface area contributed by atoms with Crippen molar-refractivity contribution in [3.05, 3.63) is 34.6 Å². The molecule has 0 spiro atoms. The third kappa shape index (κ3) is 2.97. The molecule has 2 unspecified atom stereocenters. The Morgan fingerprint density at radius 1 is 1.53 bits per heavy atom. The molecule has 0 radical (unpaired) electrons. The third-order valence-corrected chi connectivity index (χ3v) is 3.56. The Balaban J connectivity index is 2.06. The van der Waals surface area contributed by atoms with Crippen LogP contribution in [0, 0.1) is 11.7 Å². The van der Waals surface area contributed by atoms with E-state index in [2.05, 4.69) is 0 Å². The van der Waals surface area contributed by atoms with Crippen LogP contribution >= 0.6 is 11.6 Å². The van der Waals surface area contributed by atoms with Gasteiger partial charge in [0.15, 0.2) is 0 Å². The van der Waals surface area contributed by atoms with Crippen LogP contribution in [0.2, 0.25) is 5.02 Å². The van der Waals surface area contributed by atoms with Crippen LogP contribution < -0.4 is 5.73 Å². The number of benzene rings is 1. The smallest absolute Gasteiger partial charge is 0.145 e. The van der Waals surface area contributed by atoms with E-state index in [1.54, 1.807) is 25.3 Å². The van der Waals surface area contributed by atoms with E-state index in [-0.39, 0.29) is 23.0 Å². The second-order valence-corrected chi connectivity index (χ2v) is 5.03. The summed E-state index contributed by atoms with van der Waals surface area (Å²) in [6.07, 6.45) is 2.80. The molecular formula is C13H17ClFNO. The van der Waals surface area contributed by atoms with Gasteiger partial charge >= 0.3 is 0 Å². The Morgan fingerprint density at radius 2 is 2.24 bits per heavy atom. The number of ether oxygens (including phenoxy) is 1. The molecule has 4 heteroatoms. The first-order valence-electron chi connectivity index (χ1n) is 5.84. The fourth-order valence-electron chi connectivity index (χ4n) is 2.22. The highest BCUT2D eigenvalue weighted by molar-refractivity contribution is 6.30. The number of halogens is 2. The second-order valence-electron chi connectivity index (χ2n) is 4.62. The molecule has 1 aromatic carbocycles. The van der Waals surface area contributed by atoms with Crippen molar-refractivity contribution in [2.24, 2.45) is 11.7 Å². The number of hydrogen-bond donors (Lipinski definition) is 1. The van der Waals surface area contributed by atoms with Gasteiger partial charge in [-0.2, -0.15) is 0 Å². The number of rotatable bonds is 5. The summed E-state index contributed by atoms with van der Waals surface area (Å²) in [6, 6.07) is 4.83. The van der Waals surface area contributed by atoms with Crippen molar-refractivity contribution in [1.29, 1.82) is 0 Å². The highest BCUT2D eigenvalue weighted by Crippen LogP contribution is 2.36. The van der Waals surface area contributed by atoms with E-state index in [1.807, 2.05) is 0 Å². The quantitative estimate of drug-likeness (QED) is 0.880. The van der Waals surface area contributed by atoms with Crippen LogP contribution in [0.1, 0.15) is 18.4 Å². The average Bonchev–Trinajstić information content (AvgIpc) is 3.10. The van der Waals surface area contributed by atoms with E-state index < -0.39 is 0 Å². The predicted molar refractivity (Wildman–Crippen MR) is 66.6 cm³/mol. The first kappa shape index (κ1) is 12.8. The van der Waals surface area contributed by atoms with E-state index in [0.717, 1.165) is 12.8 Å². The molecule has 0 aromatic heterocycles. The van der Waals surface area contributed by atoms with E-state index in [1.165, 1.54) is 0 Å². The molecular weight excluding hydrogens is 241 g/mol. The summed E-state index contributed by atoms with van der Waals surface area (Å²) in [4.78, 5) is 0. The van der Waals surface area contributed by atoms with Gasteiger partial charge < -0.3 is 10.5 Å². The van der Waals surface area contributed by atoms with E-state index in [0.29, 0.717) is 17.9 Å². The summed E-state index contributed by atoms with van der Waals surface area (Å²) in [7, 11) is 1.66. The molecule has 0 heterocycles. The van der Waals surface area contributed by atoms with Crippen molar-refractivity contribution in [3.8, 4) is 0 Å². The zero-order valence-corrected chi connectivity index (χ0v) is 10.6. The molecule has 17 heavy (non-hydrogen) atoms. The third-order valence-electron chi connectivity index (χ3n) is 3.27. The maximum Gasteiger partial charge on any atom is 0.145 e. The van der Waals surface area contributed by atoms with Gasteiger partial charge in [-0.15, -0.1) is 0 Å². The van der Waals surface area contributed by atoms with Crippen LogP contribution in [0.5, 0.6) is 0 Å². The Hall–Kier alpha value is -0.640. The highest BCUT2D eigenvalue weighted by atomic mass is 35.5. The minimum Gasteiger partial charge on any atom is -0.380 e. The van der Waals surface area contributed by atoms with Gasteiger partial charge in [0.05, 0.1) is 11.1 Å². The van der Waals surface area contributed by atoms with E-state index in [9.17, 15) is 4.39 Å². The molecule has 0 bridgehead atoms. The van der Waals surface area contributed by atoms with Gasteiger partial charge in [-0.1, -0.05) is 23.7 Å². The Bertz CT molecular complexity index is 395. The average molecular weight is 258 g/mol. The molecule has 94 valence electrons. The number of hydrogen-bond acceptors (Lipinski definition) is 2. The Kier molecular flexibility index (Phi) is 4.02. The van der Waals surface area contributed by atoms with Gasteiger partial charge in [0, 0.05) is 13.2 Å². The number of methoxy groups -OCH3 is 1. The van der Waals surface area contributed by atoms with Crippen LogP contribution in [0.4, 0.5) is 4.39 Å². The molecule has 2 nitrogen and oxygen atoms in total. The lowest BCUT2D eigenvalue weighted by atomic mass is 9.99. The van der Waals surface area contributed by atoms with Crippen molar-refractivity contribution in [2.45, 2.75) is 31.4 Å². The van der Waals surface area contributed by atoms with Crippen molar-refractivity contribution >= 4 is 11.6 Å². The molecule has 1 saturated carbocycles. The van der Waals surface area contributed by atoms with Crippen molar-refractivity contribution < 1.29 is 9.13 Å². The largest absolute Gasteiger partial charge is 0.380 e. The molecule has 2 atom stereocenters. The second kappa shape index (κ2) is 5.34. The SMILES string of the molecule is COC(C(N)Cc1cccc(Cl)c1F)C1CC1. The standard InChI is InChI=1S/C13H17ClFNO/c1-17-13(8-5-6-8)11(16)7-9-3-2-4-10(14)12(9)15/h2-4,8,11,13H,5-7,16H2,1H3. The predicted octanol–water partition coefficient (Wildman–Crippen LogP) is 2.77. The van der Waals surface area contributed by atoms with Crippen molar-refractivity contribution in [1.82, 2.24) is 0 Å². The molecule has 0 saturated heterocycles. The Morgan fingerprint density at radius 3 is 2.82 bits per heavy atom. The highest BCUT2D eigenvalue weighted by Gasteiger charge is 2.35. The van der Waals surface area contributed by atoms with Crippen LogP contribution in [0.15, 0.2) is 18.2 Å². The van der Waals surface area contributed by atoms with Crippen molar-refractivity contribution in [3.63, 3.8) is 0 Å². The van der Waals surface area contributed by atoms with Crippen LogP contribution in [0.25, 0.3) is 0 Å². The topological polar surface area (TPSA) is 35.2 Å². The van der Waals surface area contributed by atoms with E-state index >= 15 is 0 Å². The summed E-state index contributed by atoms with van der Waals surface area (Å²) < 4.78 is 19.1. The fourth-order valence-corrected chi connectivity index (χ4v) is 2.41. The zero-order valence-electron chi connectivity index (χ0n) is 9.83. The molecule has 1 aliphatic carbocycles. The fraction of sp³-hybridized carbons (Fsp3) is 0.538. The molecule has 2 N–H and O–H groups in total. The summed E-state index contributed by atoms with van der Waals surface area (Å²) >= 11 is 5.74. The molecule has 0 aliphatic heterocycles. The molecule has 1 fully saturated rings. The minimum atomic E-state index is -0.365. The maximum absolute atomic E-state index is 13.7. The lowest BCUT2D eigenvalue weighted by molar-refractivity contribution is 0.0624. The molecule has 1 aromatic rings. The monoisotopic (exact) mass is 257 g/mol. The van der Waals surface area contributed by atoms with Gasteiger partial charge in [-0.05, 0) is 36.8 Å². The van der Waals surface area contributed by atoms with Gasteiger partial charge in [-0.25, -0.2) is 4.39 Å². The molecule has 2 rings (SSSR count). The van der Waals surface area contributed by atoms with Crippen LogP contribution in [0.3, 0.4) is 0 Å². The Labute approximate surface area is 106 Å². The molecule has 0 amide bonds. The number of nitrogens with two attached hydrogens (primary N) is 1. The van der Waals surface area contributed by atoms with Crippen molar-refractivity contribution in [2.75, 3.05) is 7.11 Å². The van der Waals surface area contributed by atoms with Crippen LogP contribution in [-0.4, -0.2) is 19.3 Å². The van der Waals surface area contributed by atoms with E-state index in [4.69, 9.17) is 22.1 Å². The lowest BCUT2D eigenvalue weighted by Gasteiger charge is -2.22. The summed E-state index contributed by atoms with van der Waals surface area (Å²) in [6.45, 7) is 0. The van der Waals surface area contributed by atoms with Gasteiger partial charge in [0.1, 0.15) is 5.82 Å². The minimum absolute atomic E-state index is 0.0216. The summed E-state index contributed by atoms with van der Waals surface area (Å²) in [5.41, 5.74) is 6.65. The normalized spacial score (nSPS) is 19.1. The summed E-state index contributed by atoms with van der Waals surface area (Å²) in [5.74, 6) is 0.174. The molecule has 1 aliphatic rings. The van der Waals surface area contributed by atoms with Gasteiger partial charge in [-0.3, -0.25) is 0 Å². The summed E-state index contributed by atoms with van der Waals surface area (Å²) in [5, 5.41) is 0.148. The van der Waals surface area contributed by atoms with Crippen LogP contribution in [-0.2, 0) is 11.2 Å². The zero-order chi connectivity index (χ0) is 12.4. The maximum atomic E-state index is 13.7. The van der Waals surface area contributed by atoms with Gasteiger partial charge in [0.2, 0.25) is 0 Å². The first-order valence-corrected chi connectivity index (χ1v) is 6.22. The lowest BCUT2D eigenvalue weighted by Crippen LogP contribution is -2.39.